The number of carbonyl (C=O) groups excluding carboxylic acids is 1. The van der Waals surface area contributed by atoms with Crippen LogP contribution in [0.2, 0.25) is 0 Å². The molecule has 1 aromatic carbocycles. The van der Waals surface area contributed by atoms with Gasteiger partial charge in [-0.05, 0) is 43.4 Å². The van der Waals surface area contributed by atoms with Crippen LogP contribution >= 0.6 is 0 Å². The summed E-state index contributed by atoms with van der Waals surface area (Å²) in [6.45, 7) is 2.62. The average Bonchev–Trinajstić information content (AvgIpc) is 3.72. The van der Waals surface area contributed by atoms with Crippen molar-refractivity contribution in [3.05, 3.63) is 70.8 Å². The SMILES string of the molecule is Cc1cc(C(=O)n2nc(C3CCCN(S(=O)(=O)N4CCC(O)C4)C3C(=O)O)cc2N(C)Cc2ccc(CN)cc2)co1. The minimum Gasteiger partial charge on any atom is -0.480 e. The molecular weight excluding hydrogens is 564 g/mol. The smallest absolute Gasteiger partial charge is 0.322 e. The van der Waals surface area contributed by atoms with Crippen molar-refractivity contribution in [2.24, 2.45) is 5.73 Å². The fraction of sp³-hybridized carbons (Fsp3) is 0.464. The van der Waals surface area contributed by atoms with Crippen molar-refractivity contribution in [1.82, 2.24) is 18.4 Å². The summed E-state index contributed by atoms with van der Waals surface area (Å²) in [6, 6.07) is 9.58. The van der Waals surface area contributed by atoms with E-state index in [9.17, 15) is 28.2 Å². The predicted octanol–water partition coefficient (Wildman–Crippen LogP) is 1.51. The third kappa shape index (κ3) is 5.85. The Morgan fingerprint density at radius 3 is 2.45 bits per heavy atom. The van der Waals surface area contributed by atoms with Crippen molar-refractivity contribution in [2.45, 2.75) is 57.3 Å². The lowest BCUT2D eigenvalue weighted by atomic mass is 9.88. The zero-order chi connectivity index (χ0) is 30.2. The minimum absolute atomic E-state index is 0.0296. The number of furan rings is 1. The Kier molecular flexibility index (Phi) is 8.53. The van der Waals surface area contributed by atoms with Gasteiger partial charge in [0, 0.05) is 51.8 Å². The van der Waals surface area contributed by atoms with E-state index < -0.39 is 40.1 Å². The number of β-amino-alcohol motifs (C(OH)–C–C–N with tert-alkyl or cyclic N) is 1. The van der Waals surface area contributed by atoms with E-state index in [1.54, 1.807) is 26.1 Å². The monoisotopic (exact) mass is 600 g/mol. The van der Waals surface area contributed by atoms with E-state index in [-0.39, 0.29) is 25.2 Å². The van der Waals surface area contributed by atoms with Crippen LogP contribution in [-0.4, -0.2) is 87.7 Å². The number of aliphatic carboxylic acids is 1. The van der Waals surface area contributed by atoms with Crippen LogP contribution in [0.1, 0.15) is 58.1 Å². The van der Waals surface area contributed by atoms with Gasteiger partial charge in [0.15, 0.2) is 0 Å². The second kappa shape index (κ2) is 12.0. The molecule has 2 saturated heterocycles. The number of aromatic nitrogens is 2. The quantitative estimate of drug-likeness (QED) is 0.326. The topological polar surface area (TPSA) is 175 Å². The molecule has 4 heterocycles. The number of carboxylic acids is 1. The number of aliphatic hydroxyl groups excluding tert-OH is 1. The summed E-state index contributed by atoms with van der Waals surface area (Å²) in [6.07, 6.45) is 1.61. The van der Waals surface area contributed by atoms with Crippen molar-refractivity contribution in [3.63, 3.8) is 0 Å². The highest BCUT2D eigenvalue weighted by Gasteiger charge is 2.47. The van der Waals surface area contributed by atoms with Crippen molar-refractivity contribution in [3.8, 4) is 0 Å². The molecule has 2 aliphatic heterocycles. The van der Waals surface area contributed by atoms with Crippen LogP contribution in [-0.2, 0) is 28.1 Å². The van der Waals surface area contributed by atoms with Gasteiger partial charge in [0.05, 0.1) is 17.4 Å². The van der Waals surface area contributed by atoms with Crippen molar-refractivity contribution < 1.29 is 32.6 Å². The van der Waals surface area contributed by atoms with E-state index in [0.717, 1.165) is 19.7 Å². The lowest BCUT2D eigenvalue weighted by molar-refractivity contribution is -0.143. The summed E-state index contributed by atoms with van der Waals surface area (Å²) < 4.78 is 35.7. The molecule has 42 heavy (non-hydrogen) atoms. The van der Waals surface area contributed by atoms with Gasteiger partial charge in [0.25, 0.3) is 16.1 Å². The number of rotatable bonds is 9. The van der Waals surface area contributed by atoms with Gasteiger partial charge >= 0.3 is 5.97 Å². The van der Waals surface area contributed by atoms with E-state index >= 15 is 0 Å². The van der Waals surface area contributed by atoms with Crippen LogP contribution in [0.5, 0.6) is 0 Å². The van der Waals surface area contributed by atoms with Gasteiger partial charge in [-0.15, -0.1) is 0 Å². The molecule has 14 heteroatoms. The molecule has 2 aromatic heterocycles. The summed E-state index contributed by atoms with van der Waals surface area (Å²) >= 11 is 0. The largest absolute Gasteiger partial charge is 0.480 e. The summed E-state index contributed by atoms with van der Waals surface area (Å²) in [4.78, 5) is 28.1. The van der Waals surface area contributed by atoms with E-state index in [1.807, 2.05) is 29.2 Å². The van der Waals surface area contributed by atoms with Crippen molar-refractivity contribution in [1.29, 1.82) is 0 Å². The van der Waals surface area contributed by atoms with Gasteiger partial charge in [0.1, 0.15) is 23.9 Å². The number of aryl methyl sites for hydroxylation is 1. The normalized spacial score (nSPS) is 22.0. The number of nitrogens with two attached hydrogens (primary N) is 1. The maximum Gasteiger partial charge on any atom is 0.322 e. The highest BCUT2D eigenvalue weighted by Crippen LogP contribution is 2.37. The van der Waals surface area contributed by atoms with Crippen LogP contribution in [0.15, 0.2) is 47.1 Å². The fourth-order valence-corrected chi connectivity index (χ4v) is 7.58. The molecule has 4 N–H and O–H groups in total. The van der Waals surface area contributed by atoms with Gasteiger partial charge in [-0.25, -0.2) is 0 Å². The summed E-state index contributed by atoms with van der Waals surface area (Å²) in [5.41, 5.74) is 8.25. The van der Waals surface area contributed by atoms with E-state index in [4.69, 9.17) is 10.2 Å². The Hall–Kier alpha value is -3.56. The highest BCUT2D eigenvalue weighted by atomic mass is 32.2. The number of aliphatic hydroxyl groups is 1. The number of hydrogen-bond donors (Lipinski definition) is 3. The first-order valence-electron chi connectivity index (χ1n) is 13.9. The third-order valence-corrected chi connectivity index (χ3v) is 9.90. The Bertz CT molecular complexity index is 1550. The molecular formula is C28H36N6O7S. The highest BCUT2D eigenvalue weighted by molar-refractivity contribution is 7.86. The summed E-state index contributed by atoms with van der Waals surface area (Å²) in [5.74, 6) is -1.61. The van der Waals surface area contributed by atoms with Crippen LogP contribution < -0.4 is 10.6 Å². The molecule has 13 nitrogen and oxygen atoms in total. The van der Waals surface area contributed by atoms with E-state index in [1.165, 1.54) is 10.9 Å². The zero-order valence-corrected chi connectivity index (χ0v) is 24.4. The summed E-state index contributed by atoms with van der Waals surface area (Å²) in [7, 11) is -2.36. The molecule has 0 amide bonds. The molecule has 5 rings (SSSR count). The first kappa shape index (κ1) is 29.9. The number of benzene rings is 1. The van der Waals surface area contributed by atoms with E-state index in [0.29, 0.717) is 49.6 Å². The lowest BCUT2D eigenvalue weighted by Gasteiger charge is -2.38. The van der Waals surface area contributed by atoms with Gasteiger partial charge in [-0.3, -0.25) is 9.59 Å². The number of carbonyl (C=O) groups is 2. The Morgan fingerprint density at radius 2 is 1.86 bits per heavy atom. The Balaban J connectivity index is 1.52. The first-order chi connectivity index (χ1) is 20.0. The molecule has 3 atom stereocenters. The van der Waals surface area contributed by atoms with Crippen molar-refractivity contribution >= 4 is 27.9 Å². The molecule has 2 aliphatic rings. The number of carboxylic acid groups (broad SMARTS) is 1. The second-order valence-electron chi connectivity index (χ2n) is 10.9. The van der Waals surface area contributed by atoms with Gasteiger partial charge in [-0.1, -0.05) is 24.3 Å². The standard InChI is InChI=1S/C28H36N6O7S/c1-18-12-21(17-41-18)27(36)34-25(31(2)15-20-7-5-19(14-29)6-8-20)13-24(30-34)23-4-3-10-33(26(23)28(37)38)42(39,40)32-11-9-22(35)16-32/h5-8,12-13,17,22-23,26,35H,3-4,9-11,14-16,29H2,1-2H3,(H,37,38). The predicted molar refractivity (Wildman–Crippen MR) is 153 cm³/mol. The van der Waals surface area contributed by atoms with Gasteiger partial charge in [0.2, 0.25) is 0 Å². The fourth-order valence-electron chi connectivity index (χ4n) is 5.70. The molecule has 3 aromatic rings. The average molecular weight is 601 g/mol. The molecule has 0 aliphatic carbocycles. The van der Waals surface area contributed by atoms with Gasteiger partial charge < -0.3 is 25.3 Å². The lowest BCUT2D eigenvalue weighted by Crippen LogP contribution is -2.55. The minimum atomic E-state index is -4.16. The third-order valence-electron chi connectivity index (χ3n) is 7.92. The number of piperidine rings is 1. The van der Waals surface area contributed by atoms with Crippen LogP contribution in [0.3, 0.4) is 0 Å². The zero-order valence-electron chi connectivity index (χ0n) is 23.6. The second-order valence-corrected chi connectivity index (χ2v) is 12.8. The van der Waals surface area contributed by atoms with Crippen LogP contribution in [0.4, 0.5) is 5.82 Å². The molecule has 2 fully saturated rings. The molecule has 0 radical (unpaired) electrons. The molecule has 0 saturated carbocycles. The van der Waals surface area contributed by atoms with E-state index in [2.05, 4.69) is 5.10 Å². The number of hydrogen-bond acceptors (Lipinski definition) is 9. The molecule has 226 valence electrons. The maximum absolute atomic E-state index is 13.6. The van der Waals surface area contributed by atoms with Crippen LogP contribution in [0.25, 0.3) is 0 Å². The molecule has 3 unspecified atom stereocenters. The Morgan fingerprint density at radius 1 is 1.14 bits per heavy atom. The Labute approximate surface area is 244 Å². The molecule has 0 bridgehead atoms. The maximum atomic E-state index is 13.6. The summed E-state index contributed by atoms with van der Waals surface area (Å²) in [5, 5.41) is 24.8. The first-order valence-corrected chi connectivity index (χ1v) is 15.3. The number of nitrogens with zero attached hydrogens (tertiary/aromatic N) is 5. The molecule has 0 spiro atoms. The van der Waals surface area contributed by atoms with Crippen LogP contribution in [0, 0.1) is 6.92 Å². The van der Waals surface area contributed by atoms with Crippen molar-refractivity contribution in [2.75, 3.05) is 31.6 Å². The van der Waals surface area contributed by atoms with Gasteiger partial charge in [-0.2, -0.15) is 26.8 Å². The number of anilines is 1.